The van der Waals surface area contributed by atoms with Crippen LogP contribution in [0.3, 0.4) is 0 Å². The van der Waals surface area contributed by atoms with Crippen molar-refractivity contribution in [2.24, 2.45) is 5.73 Å². The van der Waals surface area contributed by atoms with Gasteiger partial charge in [-0.05, 0) is 55.7 Å². The van der Waals surface area contributed by atoms with Crippen molar-refractivity contribution in [3.8, 4) is 0 Å². The number of aliphatic hydroxyl groups excluding tert-OH is 2. The standard InChI is InChI=1S/C11H16O3S.C4H9I.C4H6O3.C4H10O.C3H9NO.HI.Na/c1-3-4-9-14-15(12,13)11-7-5-10(2)6-8-11;1-2-3-4-5;1-3(5)7-4(2)6;1-2-3-4-5;4-2-1-3-5;;/h5-8H,3-4,9H2,1-2H3;2-4H2,1H3;1-2H3;5H,2-4H2,1H3;5H,1-4H2;1H;/q;;;;;;+1/p-1. The van der Waals surface area contributed by atoms with Crippen molar-refractivity contribution < 1.29 is 90.7 Å². The molecule has 39 heavy (non-hydrogen) atoms. The maximum atomic E-state index is 11.6. The summed E-state index contributed by atoms with van der Waals surface area (Å²) in [6, 6.07) is 6.65. The maximum Gasteiger partial charge on any atom is 1.00 e. The summed E-state index contributed by atoms with van der Waals surface area (Å²) in [5, 5.41) is 16.1. The largest absolute Gasteiger partial charge is 1.00 e. The Kier molecular flexibility index (Phi) is 54.6. The van der Waals surface area contributed by atoms with Gasteiger partial charge in [0, 0.05) is 27.1 Å². The van der Waals surface area contributed by atoms with E-state index in [9.17, 15) is 18.0 Å². The summed E-state index contributed by atoms with van der Waals surface area (Å²) in [6.45, 7) is 11.9. The second-order valence-corrected chi connectivity index (χ2v) is 10.2. The third-order valence-corrected chi connectivity index (χ3v) is 5.78. The van der Waals surface area contributed by atoms with Crippen LogP contribution in [0.2, 0.25) is 0 Å². The van der Waals surface area contributed by atoms with Crippen molar-refractivity contribution in [2.45, 2.75) is 91.4 Å². The predicted octanol–water partition coefficient (Wildman–Crippen LogP) is -1.07. The minimum absolute atomic E-state index is 0. The summed E-state index contributed by atoms with van der Waals surface area (Å²) in [5.74, 6) is -1.12. The van der Waals surface area contributed by atoms with E-state index in [1.165, 1.54) is 31.1 Å². The van der Waals surface area contributed by atoms with Gasteiger partial charge in [0.2, 0.25) is 0 Å². The number of unbranched alkanes of at least 4 members (excludes halogenated alkanes) is 3. The van der Waals surface area contributed by atoms with E-state index in [1.807, 2.05) is 13.8 Å². The van der Waals surface area contributed by atoms with Gasteiger partial charge in [0.05, 0.1) is 11.5 Å². The Hall–Kier alpha value is 0.610. The van der Waals surface area contributed by atoms with Gasteiger partial charge in [0.15, 0.2) is 0 Å². The van der Waals surface area contributed by atoms with Crippen molar-refractivity contribution >= 4 is 44.6 Å². The number of alkyl halides is 1. The van der Waals surface area contributed by atoms with Crippen LogP contribution in [-0.4, -0.2) is 61.4 Å². The molecule has 0 aliphatic heterocycles. The van der Waals surface area contributed by atoms with Crippen molar-refractivity contribution in [1.82, 2.24) is 0 Å². The molecule has 0 unspecified atom stereocenters. The van der Waals surface area contributed by atoms with Crippen LogP contribution in [0.4, 0.5) is 0 Å². The molecule has 0 amide bonds. The maximum absolute atomic E-state index is 11.6. The van der Waals surface area contributed by atoms with Crippen molar-refractivity contribution in [3.63, 3.8) is 0 Å². The Bertz CT molecular complexity index is 708. The van der Waals surface area contributed by atoms with Gasteiger partial charge in [-0.25, -0.2) is 0 Å². The van der Waals surface area contributed by atoms with Gasteiger partial charge in [-0.3, -0.25) is 13.8 Å². The van der Waals surface area contributed by atoms with Gasteiger partial charge in [-0.15, -0.1) is 0 Å². The van der Waals surface area contributed by atoms with Gasteiger partial charge in [0.25, 0.3) is 10.1 Å². The predicted molar refractivity (Wildman–Crippen MR) is 158 cm³/mol. The Labute approximate surface area is 290 Å². The molecule has 0 fully saturated rings. The van der Waals surface area contributed by atoms with E-state index in [0.29, 0.717) is 13.2 Å². The summed E-state index contributed by atoms with van der Waals surface area (Å²) in [4.78, 5) is 19.8. The van der Waals surface area contributed by atoms with E-state index >= 15 is 0 Å². The zero-order valence-corrected chi connectivity index (χ0v) is 32.0. The normalized spacial score (nSPS) is 9.08. The van der Waals surface area contributed by atoms with Crippen LogP contribution in [0, 0.1) is 6.92 Å². The molecule has 0 bridgehead atoms. The zero-order chi connectivity index (χ0) is 29.5. The summed E-state index contributed by atoms with van der Waals surface area (Å²) < 4.78 is 33.3. The number of esters is 2. The average Bonchev–Trinajstić information content (AvgIpc) is 2.82. The fraction of sp³-hybridized carbons (Fsp3) is 0.692. The molecule has 1 aromatic rings. The number of carbonyl (C=O) groups excluding carboxylic acids is 2. The first kappa shape index (κ1) is 52.3. The number of aliphatic hydroxyl groups is 2. The van der Waals surface area contributed by atoms with Crippen LogP contribution in [-0.2, 0) is 28.6 Å². The van der Waals surface area contributed by atoms with Crippen LogP contribution in [0.1, 0.15) is 85.1 Å². The van der Waals surface area contributed by atoms with Crippen LogP contribution in [0.25, 0.3) is 0 Å². The van der Waals surface area contributed by atoms with Crippen molar-refractivity contribution in [3.05, 3.63) is 29.8 Å². The van der Waals surface area contributed by atoms with E-state index in [4.69, 9.17) is 20.1 Å². The Morgan fingerprint density at radius 3 is 1.51 bits per heavy atom. The molecule has 0 radical (unpaired) electrons. The molecule has 0 aliphatic carbocycles. The molecule has 1 rings (SSSR count). The quantitative estimate of drug-likeness (QED) is 0.0483. The Morgan fingerprint density at radius 2 is 1.31 bits per heavy atom. The summed E-state index contributed by atoms with van der Waals surface area (Å²) in [6.07, 6.45) is 7.15. The number of hydrogen-bond donors (Lipinski definition) is 3. The number of benzene rings is 1. The molecule has 0 heterocycles. The van der Waals surface area contributed by atoms with Gasteiger partial charge < -0.3 is 44.7 Å². The molecule has 9 nitrogen and oxygen atoms in total. The molecule has 13 heteroatoms. The van der Waals surface area contributed by atoms with E-state index in [0.717, 1.165) is 37.7 Å². The number of rotatable bonds is 11. The number of hydrogen-bond acceptors (Lipinski definition) is 9. The first-order valence-corrected chi connectivity index (χ1v) is 15.5. The monoisotopic (exact) mass is 813 g/mol. The van der Waals surface area contributed by atoms with Gasteiger partial charge in [-0.1, -0.05) is 80.3 Å². The molecule has 0 spiro atoms. The second-order valence-electron chi connectivity index (χ2n) is 7.51. The second kappa shape index (κ2) is 40.7. The van der Waals surface area contributed by atoms with Crippen molar-refractivity contribution in [2.75, 3.05) is 30.8 Å². The van der Waals surface area contributed by atoms with Gasteiger partial charge >= 0.3 is 41.5 Å². The summed E-state index contributed by atoms with van der Waals surface area (Å²) in [5.41, 5.74) is 6.01. The first-order chi connectivity index (χ1) is 17.4. The minimum atomic E-state index is -3.55. The molecule has 0 saturated heterocycles. The molecule has 4 N–H and O–H groups in total. The molecular weight excluding hydrogens is 763 g/mol. The molecule has 0 aliphatic rings. The average molecular weight is 814 g/mol. The third-order valence-electron chi connectivity index (χ3n) is 3.69. The van der Waals surface area contributed by atoms with Crippen molar-refractivity contribution in [1.29, 1.82) is 0 Å². The van der Waals surface area contributed by atoms with Gasteiger partial charge in [-0.2, -0.15) is 8.42 Å². The number of ether oxygens (including phenoxy) is 1. The van der Waals surface area contributed by atoms with E-state index < -0.39 is 22.1 Å². The van der Waals surface area contributed by atoms with E-state index in [-0.39, 0.29) is 71.6 Å². The first-order valence-electron chi connectivity index (χ1n) is 12.6. The summed E-state index contributed by atoms with van der Waals surface area (Å²) in [7, 11) is -3.55. The fourth-order valence-corrected chi connectivity index (χ4v) is 3.38. The number of carbonyl (C=O) groups is 2. The molecule has 1 aromatic carbocycles. The topological polar surface area (TPSA) is 153 Å². The van der Waals surface area contributed by atoms with Crippen LogP contribution in [0.15, 0.2) is 29.2 Å². The fourth-order valence-electron chi connectivity index (χ4n) is 1.67. The molecule has 228 valence electrons. The molecule has 0 atom stereocenters. The SMILES string of the molecule is CC(=O)OC(C)=O.CCCCI.CCCCO.CCCCOS(=O)(=O)c1ccc(C)cc1.NCCCO.[I-].[Na+]. The molecule has 0 saturated carbocycles. The van der Waals surface area contributed by atoms with Gasteiger partial charge in [0.1, 0.15) is 0 Å². The number of halogens is 2. The number of nitrogens with two attached hydrogens (primary N) is 1. The Balaban J connectivity index is -0.0000000961. The van der Waals surface area contributed by atoms with E-state index in [2.05, 4.69) is 41.2 Å². The Morgan fingerprint density at radius 1 is 0.872 bits per heavy atom. The van der Waals surface area contributed by atoms with Crippen LogP contribution in [0.5, 0.6) is 0 Å². The third kappa shape index (κ3) is 48.7. The van der Waals surface area contributed by atoms with Crippen LogP contribution < -0.4 is 59.3 Å². The van der Waals surface area contributed by atoms with E-state index in [1.54, 1.807) is 24.3 Å². The summed E-state index contributed by atoms with van der Waals surface area (Å²) >= 11 is 2.39. The number of aryl methyl sites for hydroxylation is 1. The molecule has 0 aromatic heterocycles. The van der Waals surface area contributed by atoms with Crippen LogP contribution >= 0.6 is 22.6 Å². The minimum Gasteiger partial charge on any atom is -1.00 e. The smallest absolute Gasteiger partial charge is 1.00 e. The zero-order valence-electron chi connectivity index (χ0n) is 24.9. The molecular formula is C26H50I2NNaO8S.